The van der Waals surface area contributed by atoms with Crippen molar-refractivity contribution in [3.8, 4) is 0 Å². The van der Waals surface area contributed by atoms with Crippen LogP contribution in [-0.2, 0) is 5.54 Å². The fraction of sp³-hybridized carbons (Fsp3) is 0.188. The summed E-state index contributed by atoms with van der Waals surface area (Å²) in [4.78, 5) is 20.7. The summed E-state index contributed by atoms with van der Waals surface area (Å²) in [7, 11) is 0. The van der Waals surface area contributed by atoms with Gasteiger partial charge in [-0.25, -0.2) is 0 Å². The first kappa shape index (κ1) is 14.6. The van der Waals surface area contributed by atoms with Crippen molar-refractivity contribution < 1.29 is 4.79 Å². The Bertz CT molecular complexity index is 732. The van der Waals surface area contributed by atoms with Gasteiger partial charge >= 0.3 is 0 Å². The van der Waals surface area contributed by atoms with E-state index in [9.17, 15) is 4.79 Å². The number of amidine groups is 1. The molecule has 5 nitrogen and oxygen atoms in total. The molecule has 1 aromatic carbocycles. The molecule has 112 valence electrons. The second-order valence-corrected chi connectivity index (χ2v) is 6.26. The first-order chi connectivity index (χ1) is 10.6. The predicted molar refractivity (Wildman–Crippen MR) is 90.1 cm³/mol. The van der Waals surface area contributed by atoms with Gasteiger partial charge in [-0.2, -0.15) is 0 Å². The zero-order valence-electron chi connectivity index (χ0n) is 12.1. The molecule has 3 rings (SSSR count). The lowest BCUT2D eigenvalue weighted by atomic mass is 9.94. The van der Waals surface area contributed by atoms with Crippen molar-refractivity contribution in [3.05, 3.63) is 59.9 Å². The van der Waals surface area contributed by atoms with Gasteiger partial charge in [-0.15, -0.1) is 0 Å². The monoisotopic (exact) mass is 312 g/mol. The Morgan fingerprint density at radius 1 is 1.32 bits per heavy atom. The minimum atomic E-state index is -0.347. The van der Waals surface area contributed by atoms with E-state index in [4.69, 9.17) is 5.73 Å². The molecule has 0 spiro atoms. The van der Waals surface area contributed by atoms with E-state index >= 15 is 0 Å². The van der Waals surface area contributed by atoms with Crippen LogP contribution >= 0.6 is 11.8 Å². The molecule has 1 amide bonds. The largest absolute Gasteiger partial charge is 0.379 e. The Morgan fingerprint density at radius 3 is 2.86 bits per heavy atom. The van der Waals surface area contributed by atoms with Crippen molar-refractivity contribution in [2.75, 3.05) is 11.1 Å². The number of benzene rings is 1. The van der Waals surface area contributed by atoms with Crippen molar-refractivity contribution in [1.82, 2.24) is 4.98 Å². The number of aromatic nitrogens is 1. The van der Waals surface area contributed by atoms with Gasteiger partial charge in [-0.1, -0.05) is 30.0 Å². The normalized spacial score (nSPS) is 20.5. The van der Waals surface area contributed by atoms with Crippen molar-refractivity contribution >= 4 is 28.5 Å². The highest BCUT2D eigenvalue weighted by atomic mass is 32.2. The van der Waals surface area contributed by atoms with E-state index in [1.165, 1.54) is 0 Å². The molecule has 22 heavy (non-hydrogen) atoms. The van der Waals surface area contributed by atoms with E-state index in [1.807, 2.05) is 31.2 Å². The van der Waals surface area contributed by atoms with Gasteiger partial charge in [0.2, 0.25) is 0 Å². The van der Waals surface area contributed by atoms with E-state index in [2.05, 4.69) is 15.3 Å². The third-order valence-electron chi connectivity index (χ3n) is 3.50. The van der Waals surface area contributed by atoms with Crippen LogP contribution < -0.4 is 11.1 Å². The number of nitrogens with two attached hydrogens (primary N) is 1. The Morgan fingerprint density at radius 2 is 2.18 bits per heavy atom. The molecular weight excluding hydrogens is 296 g/mol. The molecule has 1 unspecified atom stereocenters. The van der Waals surface area contributed by atoms with Crippen LogP contribution in [0.2, 0.25) is 0 Å². The molecule has 2 heterocycles. The molecule has 2 aromatic rings. The first-order valence-electron chi connectivity index (χ1n) is 6.88. The predicted octanol–water partition coefficient (Wildman–Crippen LogP) is 2.61. The number of nitrogens with zero attached hydrogens (tertiary/aromatic N) is 2. The number of nitrogens with one attached hydrogen (secondary N) is 1. The topological polar surface area (TPSA) is 80.4 Å². The number of carbonyl (C=O) groups excluding carboxylic acids is 1. The fourth-order valence-corrected chi connectivity index (χ4v) is 3.22. The van der Waals surface area contributed by atoms with Crippen LogP contribution in [0.15, 0.2) is 53.7 Å². The van der Waals surface area contributed by atoms with Crippen molar-refractivity contribution in [2.24, 2.45) is 10.7 Å². The Kier molecular flexibility index (Phi) is 3.85. The molecule has 3 N–H and O–H groups in total. The molecule has 0 bridgehead atoms. The van der Waals surface area contributed by atoms with E-state index < -0.39 is 0 Å². The summed E-state index contributed by atoms with van der Waals surface area (Å²) in [5.74, 6) is 0.572. The third-order valence-corrected chi connectivity index (χ3v) is 4.59. The van der Waals surface area contributed by atoms with Crippen LogP contribution in [0.25, 0.3) is 0 Å². The highest BCUT2D eigenvalue weighted by molar-refractivity contribution is 8.14. The van der Waals surface area contributed by atoms with Gasteiger partial charge in [-0.05, 0) is 36.8 Å². The van der Waals surface area contributed by atoms with Crippen LogP contribution in [0, 0.1) is 0 Å². The molecule has 0 saturated carbocycles. The highest BCUT2D eigenvalue weighted by Gasteiger charge is 2.31. The highest BCUT2D eigenvalue weighted by Crippen LogP contribution is 2.36. The van der Waals surface area contributed by atoms with Crippen LogP contribution in [0.3, 0.4) is 0 Å². The molecule has 1 aromatic heterocycles. The fourth-order valence-electron chi connectivity index (χ4n) is 2.29. The molecule has 6 heteroatoms. The maximum atomic E-state index is 12.2. The SMILES string of the molecule is CC1(c2cccc(NC(=O)c3ccccn3)c2)CSC(N)=N1. The van der Waals surface area contributed by atoms with Crippen LogP contribution in [0.5, 0.6) is 0 Å². The standard InChI is InChI=1S/C16H16N4OS/c1-16(10-22-15(17)20-16)11-5-4-6-12(9-11)19-14(21)13-7-2-3-8-18-13/h2-9H,10H2,1H3,(H2,17,20)(H,19,21). The van der Waals surface area contributed by atoms with E-state index in [1.54, 1.807) is 36.2 Å². The maximum absolute atomic E-state index is 12.2. The smallest absolute Gasteiger partial charge is 0.274 e. The number of aliphatic imine (C=N–C) groups is 1. The van der Waals surface area contributed by atoms with Gasteiger partial charge in [0, 0.05) is 17.6 Å². The maximum Gasteiger partial charge on any atom is 0.274 e. The van der Waals surface area contributed by atoms with Gasteiger partial charge < -0.3 is 11.1 Å². The van der Waals surface area contributed by atoms with Gasteiger partial charge in [0.1, 0.15) is 5.69 Å². The number of amides is 1. The van der Waals surface area contributed by atoms with Crippen LogP contribution in [0.1, 0.15) is 23.0 Å². The minimum Gasteiger partial charge on any atom is -0.379 e. The van der Waals surface area contributed by atoms with Crippen LogP contribution in [0.4, 0.5) is 5.69 Å². The molecule has 1 atom stereocenters. The average molecular weight is 312 g/mol. The summed E-state index contributed by atoms with van der Waals surface area (Å²) in [5.41, 5.74) is 7.57. The number of hydrogen-bond acceptors (Lipinski definition) is 5. The molecule has 1 aliphatic heterocycles. The molecule has 0 saturated heterocycles. The first-order valence-corrected chi connectivity index (χ1v) is 7.86. The Labute approximate surface area is 133 Å². The van der Waals surface area contributed by atoms with Crippen molar-refractivity contribution in [1.29, 1.82) is 0 Å². The van der Waals surface area contributed by atoms with Crippen molar-refractivity contribution in [3.63, 3.8) is 0 Å². The minimum absolute atomic E-state index is 0.230. The quantitative estimate of drug-likeness (QED) is 0.913. The van der Waals surface area contributed by atoms with E-state index in [0.717, 1.165) is 17.0 Å². The van der Waals surface area contributed by atoms with E-state index in [-0.39, 0.29) is 11.4 Å². The number of thioether (sulfide) groups is 1. The number of carbonyl (C=O) groups is 1. The number of hydrogen-bond donors (Lipinski definition) is 2. The van der Waals surface area contributed by atoms with Crippen molar-refractivity contribution in [2.45, 2.75) is 12.5 Å². The average Bonchev–Trinajstić information content (AvgIpc) is 2.89. The zero-order valence-corrected chi connectivity index (χ0v) is 12.9. The summed E-state index contributed by atoms with van der Waals surface area (Å²) in [6.07, 6.45) is 1.60. The Hall–Kier alpha value is -2.34. The van der Waals surface area contributed by atoms with Gasteiger partial charge in [0.15, 0.2) is 5.17 Å². The number of anilines is 1. The molecule has 0 radical (unpaired) electrons. The second kappa shape index (κ2) is 5.81. The summed E-state index contributed by atoms with van der Waals surface area (Å²) in [5, 5.41) is 3.46. The molecule has 0 fully saturated rings. The summed E-state index contributed by atoms with van der Waals surface area (Å²) in [6, 6.07) is 12.9. The Balaban J connectivity index is 1.82. The van der Waals surface area contributed by atoms with Gasteiger partial charge in [0.25, 0.3) is 5.91 Å². The molecule has 0 aliphatic carbocycles. The lowest BCUT2D eigenvalue weighted by Gasteiger charge is -2.20. The lowest BCUT2D eigenvalue weighted by molar-refractivity contribution is 0.102. The number of pyridine rings is 1. The summed E-state index contributed by atoms with van der Waals surface area (Å²) < 4.78 is 0. The van der Waals surface area contributed by atoms with Crippen LogP contribution in [-0.4, -0.2) is 21.8 Å². The van der Waals surface area contributed by atoms with Gasteiger partial charge in [-0.3, -0.25) is 14.8 Å². The number of rotatable bonds is 3. The summed E-state index contributed by atoms with van der Waals surface area (Å²) in [6.45, 7) is 2.04. The lowest BCUT2D eigenvalue weighted by Crippen LogP contribution is -2.20. The zero-order chi connectivity index (χ0) is 15.6. The van der Waals surface area contributed by atoms with E-state index in [0.29, 0.717) is 10.9 Å². The second-order valence-electron chi connectivity index (χ2n) is 5.26. The molecule has 1 aliphatic rings. The van der Waals surface area contributed by atoms with Gasteiger partial charge in [0.05, 0.1) is 5.54 Å². The molecular formula is C16H16N4OS. The third kappa shape index (κ3) is 2.96. The summed E-state index contributed by atoms with van der Waals surface area (Å²) >= 11 is 1.55.